The number of rotatable bonds is 5. The van der Waals surface area contributed by atoms with E-state index >= 15 is 0 Å². The van der Waals surface area contributed by atoms with Crippen molar-refractivity contribution in [3.05, 3.63) is 57.9 Å². The van der Waals surface area contributed by atoms with E-state index in [1.54, 1.807) is 0 Å². The highest BCUT2D eigenvalue weighted by atomic mass is 32.2. The van der Waals surface area contributed by atoms with E-state index in [9.17, 15) is 27.7 Å². The van der Waals surface area contributed by atoms with Gasteiger partial charge in [-0.2, -0.15) is 13.2 Å². The zero-order valence-electron chi connectivity index (χ0n) is 12.6. The van der Waals surface area contributed by atoms with Gasteiger partial charge in [0.1, 0.15) is 5.82 Å². The summed E-state index contributed by atoms with van der Waals surface area (Å²) in [4.78, 5) is 10.7. The predicted octanol–water partition coefficient (Wildman–Crippen LogP) is 5.92. The Kier molecular flexibility index (Phi) is 5.48. The highest BCUT2D eigenvalue weighted by Crippen LogP contribution is 2.37. The molecule has 8 heteroatoms. The van der Waals surface area contributed by atoms with E-state index in [0.717, 1.165) is 36.8 Å². The summed E-state index contributed by atoms with van der Waals surface area (Å²) in [6, 6.07) is 6.15. The van der Waals surface area contributed by atoms with Gasteiger partial charge in [0, 0.05) is 5.56 Å². The molecule has 0 saturated carbocycles. The van der Waals surface area contributed by atoms with Crippen molar-refractivity contribution in [1.29, 1.82) is 0 Å². The molecule has 128 valence electrons. The number of nitro benzene ring substituents is 1. The normalized spacial score (nSPS) is 11.5. The Bertz CT molecular complexity index is 745. The number of hydrogen-bond donors (Lipinski definition) is 0. The zero-order chi connectivity index (χ0) is 17.9. The quantitative estimate of drug-likeness (QED) is 0.288. The first kappa shape index (κ1) is 18.3. The van der Waals surface area contributed by atoms with E-state index in [4.69, 9.17) is 0 Å². The van der Waals surface area contributed by atoms with Crippen LogP contribution in [0.1, 0.15) is 18.9 Å². The first-order chi connectivity index (χ1) is 11.2. The Morgan fingerprint density at radius 1 is 1.17 bits per heavy atom. The summed E-state index contributed by atoms with van der Waals surface area (Å²) >= 11 is 1.21. The molecule has 24 heavy (non-hydrogen) atoms. The van der Waals surface area contributed by atoms with Crippen LogP contribution in [-0.2, 0) is 6.18 Å². The second-order valence-corrected chi connectivity index (χ2v) is 6.12. The average Bonchev–Trinajstić information content (AvgIpc) is 2.52. The minimum absolute atomic E-state index is 0.0351. The summed E-state index contributed by atoms with van der Waals surface area (Å²) in [6.45, 7) is 1.90. The number of hydrogen-bond acceptors (Lipinski definition) is 3. The van der Waals surface area contributed by atoms with Crippen molar-refractivity contribution in [2.45, 2.75) is 24.4 Å². The van der Waals surface area contributed by atoms with Gasteiger partial charge in [-0.25, -0.2) is 4.39 Å². The van der Waals surface area contributed by atoms with Crippen LogP contribution in [0.4, 0.5) is 23.2 Å². The number of halogens is 4. The fraction of sp³-hybridized carbons (Fsp3) is 0.250. The van der Waals surface area contributed by atoms with Crippen molar-refractivity contribution in [3.63, 3.8) is 0 Å². The molecule has 0 spiro atoms. The molecule has 3 nitrogen and oxygen atoms in total. The Labute approximate surface area is 139 Å². The number of alkyl halides is 3. The van der Waals surface area contributed by atoms with E-state index in [0.29, 0.717) is 5.75 Å². The Balaban J connectivity index is 2.48. The van der Waals surface area contributed by atoms with Gasteiger partial charge < -0.3 is 0 Å². The first-order valence-electron chi connectivity index (χ1n) is 7.02. The van der Waals surface area contributed by atoms with E-state index in [1.165, 1.54) is 17.8 Å². The summed E-state index contributed by atoms with van der Waals surface area (Å²) < 4.78 is 52.0. The number of thioether (sulfide) groups is 1. The Hall–Kier alpha value is -2.09. The summed E-state index contributed by atoms with van der Waals surface area (Å²) in [7, 11) is 0. The first-order valence-corrected chi connectivity index (χ1v) is 8.01. The van der Waals surface area contributed by atoms with Crippen molar-refractivity contribution >= 4 is 17.4 Å². The van der Waals surface area contributed by atoms with Crippen LogP contribution >= 0.6 is 11.8 Å². The molecule has 0 radical (unpaired) electrons. The largest absolute Gasteiger partial charge is 0.416 e. The van der Waals surface area contributed by atoms with Crippen LogP contribution in [0.15, 0.2) is 41.3 Å². The fourth-order valence-electron chi connectivity index (χ4n) is 2.07. The molecule has 2 rings (SSSR count). The Morgan fingerprint density at radius 2 is 1.79 bits per heavy atom. The molecule has 0 heterocycles. The van der Waals surface area contributed by atoms with Crippen LogP contribution in [0.25, 0.3) is 11.1 Å². The van der Waals surface area contributed by atoms with E-state index < -0.39 is 22.5 Å². The molecule has 0 amide bonds. The molecule has 2 aromatic carbocycles. The lowest BCUT2D eigenvalue weighted by molar-refractivity contribution is -0.387. The van der Waals surface area contributed by atoms with Crippen LogP contribution in [0.5, 0.6) is 0 Å². The number of nitrogens with zero attached hydrogens (tertiary/aromatic N) is 1. The highest BCUT2D eigenvalue weighted by molar-refractivity contribution is 7.99. The predicted molar refractivity (Wildman–Crippen MR) is 84.5 cm³/mol. The molecule has 0 atom stereocenters. The molecule has 0 saturated heterocycles. The van der Waals surface area contributed by atoms with Crippen LogP contribution in [0.3, 0.4) is 0 Å². The summed E-state index contributed by atoms with van der Waals surface area (Å²) in [5.41, 5.74) is -0.919. The molecule has 0 aliphatic carbocycles. The molecule has 0 unspecified atom stereocenters. The number of benzene rings is 2. The molecule has 0 bridgehead atoms. The van der Waals surface area contributed by atoms with Crippen molar-refractivity contribution in [1.82, 2.24) is 0 Å². The molecule has 0 aliphatic heterocycles. The molecular formula is C16H13F4NO2S. The average molecular weight is 359 g/mol. The van der Waals surface area contributed by atoms with Gasteiger partial charge in [-0.15, -0.1) is 11.8 Å². The molecule has 2 aromatic rings. The van der Waals surface area contributed by atoms with Crippen molar-refractivity contribution in [3.8, 4) is 11.1 Å². The lowest BCUT2D eigenvalue weighted by atomic mass is 10.0. The van der Waals surface area contributed by atoms with Gasteiger partial charge in [-0.05, 0) is 35.9 Å². The van der Waals surface area contributed by atoms with Gasteiger partial charge in [0.25, 0.3) is 5.69 Å². The molecule has 0 aliphatic rings. The van der Waals surface area contributed by atoms with Crippen molar-refractivity contribution in [2.24, 2.45) is 0 Å². The molecule has 0 aromatic heterocycles. The second-order valence-electron chi connectivity index (χ2n) is 4.98. The lowest BCUT2D eigenvalue weighted by Crippen LogP contribution is -2.04. The van der Waals surface area contributed by atoms with Crippen LogP contribution in [-0.4, -0.2) is 10.7 Å². The summed E-state index contributed by atoms with van der Waals surface area (Å²) in [5.74, 6) is -0.235. The third-order valence-corrected chi connectivity index (χ3v) is 4.48. The van der Waals surface area contributed by atoms with Gasteiger partial charge in [-0.3, -0.25) is 10.1 Å². The molecular weight excluding hydrogens is 346 g/mol. The Morgan fingerprint density at radius 3 is 2.29 bits per heavy atom. The maximum Gasteiger partial charge on any atom is 0.416 e. The van der Waals surface area contributed by atoms with Gasteiger partial charge in [0.2, 0.25) is 0 Å². The zero-order valence-corrected chi connectivity index (χ0v) is 13.4. The van der Waals surface area contributed by atoms with E-state index in [1.807, 2.05) is 6.92 Å². The van der Waals surface area contributed by atoms with Gasteiger partial charge in [0.15, 0.2) is 0 Å². The highest BCUT2D eigenvalue weighted by Gasteiger charge is 2.30. The van der Waals surface area contributed by atoms with E-state index in [2.05, 4.69) is 0 Å². The van der Waals surface area contributed by atoms with Gasteiger partial charge in [0.05, 0.1) is 21.4 Å². The van der Waals surface area contributed by atoms with Crippen LogP contribution in [0, 0.1) is 15.9 Å². The lowest BCUT2D eigenvalue weighted by Gasteiger charge is -2.10. The third kappa shape index (κ3) is 4.05. The monoisotopic (exact) mass is 359 g/mol. The molecule has 0 N–H and O–H groups in total. The van der Waals surface area contributed by atoms with Crippen LogP contribution in [0.2, 0.25) is 0 Å². The van der Waals surface area contributed by atoms with Crippen molar-refractivity contribution in [2.75, 3.05) is 5.75 Å². The second kappa shape index (κ2) is 7.21. The summed E-state index contributed by atoms with van der Waals surface area (Å²) in [5, 5.41) is 11.0. The maximum atomic E-state index is 14.2. The standard InChI is InChI=1S/C16H13F4NO2S/c1-2-7-24-15-8-12(13(17)9-14(15)21(22)23)10-3-5-11(6-4-10)16(18,19)20/h3-6,8-9H,2,7H2,1H3. The SMILES string of the molecule is CCCSc1cc(-c2ccc(C(F)(F)F)cc2)c(F)cc1[N+](=O)[O-]. The minimum atomic E-state index is -4.48. The third-order valence-electron chi connectivity index (χ3n) is 3.23. The van der Waals surface area contributed by atoms with Gasteiger partial charge >= 0.3 is 6.18 Å². The minimum Gasteiger partial charge on any atom is -0.258 e. The number of nitro groups is 1. The summed E-state index contributed by atoms with van der Waals surface area (Å²) in [6.07, 6.45) is -3.70. The fourth-order valence-corrected chi connectivity index (χ4v) is 2.98. The topological polar surface area (TPSA) is 43.1 Å². The smallest absolute Gasteiger partial charge is 0.258 e. The maximum absolute atomic E-state index is 14.2. The van der Waals surface area contributed by atoms with Crippen LogP contribution < -0.4 is 0 Å². The van der Waals surface area contributed by atoms with E-state index in [-0.39, 0.29) is 21.7 Å². The van der Waals surface area contributed by atoms with Gasteiger partial charge in [-0.1, -0.05) is 19.1 Å². The molecule has 0 fully saturated rings. The van der Waals surface area contributed by atoms with Crippen molar-refractivity contribution < 1.29 is 22.5 Å².